The fraction of sp³-hybridized carbons (Fsp3) is 0.838. The van der Waals surface area contributed by atoms with Crippen molar-refractivity contribution < 1.29 is 44.5 Å². The third-order valence-electron chi connectivity index (χ3n) is 4.53. The topological polar surface area (TPSA) is 138 Å². The van der Waals surface area contributed by atoms with E-state index in [-0.39, 0.29) is 89.8 Å². The van der Waals surface area contributed by atoms with Gasteiger partial charge in [0.15, 0.2) is 0 Å². The molecule has 0 aromatic carbocycles. The van der Waals surface area contributed by atoms with Gasteiger partial charge in [-0.15, -0.1) is 6.42 Å². The first-order chi connectivity index (χ1) is 18.5. The van der Waals surface area contributed by atoms with Crippen molar-refractivity contribution in [2.45, 2.75) is 149 Å². The van der Waals surface area contributed by atoms with Crippen LogP contribution in [-0.4, -0.2) is 107 Å². The van der Waals surface area contributed by atoms with Gasteiger partial charge >= 0.3 is 0 Å². The summed E-state index contributed by atoms with van der Waals surface area (Å²) in [6.45, 7) is 17.9. The Labute approximate surface area is 287 Å². The van der Waals surface area contributed by atoms with E-state index in [2.05, 4.69) is 43.4 Å². The smallest absolute Gasteiger partial charge is 0.125 e. The van der Waals surface area contributed by atoms with Gasteiger partial charge in [0.1, 0.15) is 29.0 Å². The Balaban J connectivity index is -0.0000000602. The third-order valence-corrected chi connectivity index (χ3v) is 4.53. The summed E-state index contributed by atoms with van der Waals surface area (Å²) in [4.78, 5) is 0. The second-order valence-corrected chi connectivity index (χ2v) is 10.5. The van der Waals surface area contributed by atoms with E-state index in [1.807, 2.05) is 20.8 Å². The summed E-state index contributed by atoms with van der Waals surface area (Å²) in [5.74, 6) is 14.4. The molecule has 9 heteroatoms. The van der Waals surface area contributed by atoms with Crippen LogP contribution in [0.2, 0.25) is 0 Å². The largest absolute Gasteiger partial charge is 0.394 e. The highest BCUT2D eigenvalue weighted by Crippen LogP contribution is 2.19. The van der Waals surface area contributed by atoms with Gasteiger partial charge in [-0.1, -0.05) is 94.9 Å². The molecule has 0 heterocycles. The Hall–Kier alpha value is -1.68. The van der Waals surface area contributed by atoms with E-state index in [0.29, 0.717) is 25.7 Å². The molecule has 0 radical (unpaired) electrons. The highest BCUT2D eigenvalue weighted by Gasteiger charge is 2.22. The molecule has 0 aliphatic heterocycles. The van der Waals surface area contributed by atoms with Crippen molar-refractivity contribution in [1.29, 1.82) is 0 Å². The fourth-order valence-corrected chi connectivity index (χ4v) is 2.79. The Morgan fingerprint density at radius 1 is 0.652 bits per heavy atom. The molecular weight excluding hydrogens is 588 g/mol. The number of ether oxygens (including phenoxy) is 4. The van der Waals surface area contributed by atoms with Crippen LogP contribution in [0, 0.1) is 41.9 Å². The van der Waals surface area contributed by atoms with E-state index in [1.165, 1.54) is 0 Å². The molecule has 0 aromatic heterocycles. The first kappa shape index (κ1) is 66.7. The lowest BCUT2D eigenvalue weighted by molar-refractivity contribution is -0.0179. The van der Waals surface area contributed by atoms with Crippen LogP contribution in [-0.2, 0) is 18.9 Å². The number of aliphatic hydroxyl groups excluding tert-OH is 4. The minimum Gasteiger partial charge on any atom is -0.394 e. The molecule has 0 saturated heterocycles. The van der Waals surface area contributed by atoms with E-state index in [1.54, 1.807) is 27.7 Å². The third kappa shape index (κ3) is 49.2. The Morgan fingerprint density at radius 2 is 1.09 bits per heavy atom. The van der Waals surface area contributed by atoms with Crippen LogP contribution in [0.15, 0.2) is 0 Å². The molecule has 0 fully saturated rings. The van der Waals surface area contributed by atoms with E-state index in [0.717, 1.165) is 12.8 Å². The molecule has 46 heavy (non-hydrogen) atoms. The van der Waals surface area contributed by atoms with Crippen molar-refractivity contribution in [2.75, 3.05) is 52.9 Å². The predicted molar refractivity (Wildman–Crippen MR) is 199 cm³/mol. The van der Waals surface area contributed by atoms with Gasteiger partial charge in [-0.2, -0.15) is 0 Å². The van der Waals surface area contributed by atoms with Crippen molar-refractivity contribution in [3.63, 3.8) is 0 Å². The van der Waals surface area contributed by atoms with Crippen molar-refractivity contribution in [1.82, 2.24) is 0 Å². The van der Waals surface area contributed by atoms with Crippen molar-refractivity contribution in [3.05, 3.63) is 0 Å². The fourth-order valence-electron chi connectivity index (χ4n) is 2.79. The van der Waals surface area contributed by atoms with Gasteiger partial charge in [-0.3, -0.25) is 0 Å². The molecule has 3 atom stereocenters. The van der Waals surface area contributed by atoms with Crippen LogP contribution >= 0.6 is 0 Å². The minimum atomic E-state index is -1.00. The maximum Gasteiger partial charge on any atom is 0.125 e. The van der Waals surface area contributed by atoms with Crippen LogP contribution in [0.5, 0.6) is 0 Å². The van der Waals surface area contributed by atoms with Crippen molar-refractivity contribution in [2.24, 2.45) is 5.92 Å². The van der Waals surface area contributed by atoms with E-state index in [9.17, 15) is 5.11 Å². The van der Waals surface area contributed by atoms with Gasteiger partial charge < -0.3 is 44.5 Å². The monoisotopic (exact) mass is 669 g/mol. The predicted octanol–water partition coefficient (Wildman–Crippen LogP) is 5.97. The molecule has 0 bridgehead atoms. The van der Waals surface area contributed by atoms with Gasteiger partial charge in [0.25, 0.3) is 0 Å². The zero-order valence-electron chi connectivity index (χ0n) is 26.2. The lowest BCUT2D eigenvalue weighted by Gasteiger charge is -2.25. The summed E-state index contributed by atoms with van der Waals surface area (Å²) in [6.07, 6.45) is 6.58. The van der Waals surface area contributed by atoms with E-state index in [4.69, 9.17) is 45.8 Å². The zero-order valence-corrected chi connectivity index (χ0v) is 26.2. The summed E-state index contributed by atoms with van der Waals surface area (Å²) < 4.78 is 21.0. The van der Waals surface area contributed by atoms with Crippen LogP contribution in [0.25, 0.3) is 0 Å². The van der Waals surface area contributed by atoms with Gasteiger partial charge in [0, 0.05) is 0 Å². The molecule has 0 aliphatic rings. The van der Waals surface area contributed by atoms with Crippen molar-refractivity contribution in [3.8, 4) is 36.0 Å². The standard InChI is InChI=1S/C11H20O4.C10H18O3.C10H18O2.6CH4/c1-3-11(15-9-7-13)5-4-10(2)14-8-6-12;1-9(2,12)5-6-10(3,4)13-8-7-11;1-5-10(4,8-9(2)3)12-7-6-11;;;;;;/h10-13H,3,6-9H2,1-2H3;11-12H,7-8H2,1-4H3;1,9,11H,6-8H2,2-4H3;6*1H4. The second-order valence-electron chi connectivity index (χ2n) is 10.5. The van der Waals surface area contributed by atoms with Gasteiger partial charge in [0.2, 0.25) is 0 Å². The molecule has 0 aromatic rings. The Bertz CT molecular complexity index is 762. The first-order valence-corrected chi connectivity index (χ1v) is 13.7. The number of terminal acetylenes is 1. The Morgan fingerprint density at radius 3 is 1.46 bits per heavy atom. The molecule has 0 spiro atoms. The molecule has 0 aliphatic carbocycles. The lowest BCUT2D eigenvalue weighted by atomic mass is 9.95. The van der Waals surface area contributed by atoms with Gasteiger partial charge in [-0.25, -0.2) is 0 Å². The highest BCUT2D eigenvalue weighted by molar-refractivity contribution is 5.17. The van der Waals surface area contributed by atoms with Gasteiger partial charge in [-0.05, 0) is 60.3 Å². The number of hydrogen-bond donors (Lipinski definition) is 5. The molecule has 5 N–H and O–H groups in total. The number of aliphatic hydroxyl groups is 5. The molecule has 3 unspecified atom stereocenters. The number of rotatable bonds is 15. The molecule has 0 rings (SSSR count). The van der Waals surface area contributed by atoms with Crippen molar-refractivity contribution >= 4 is 0 Å². The van der Waals surface area contributed by atoms with Crippen LogP contribution in [0.4, 0.5) is 0 Å². The minimum absolute atomic E-state index is 0. The first-order valence-electron chi connectivity index (χ1n) is 13.7. The number of hydrogen-bond acceptors (Lipinski definition) is 9. The average Bonchev–Trinajstić information content (AvgIpc) is 2.88. The normalized spacial score (nSPS) is 12.1. The zero-order chi connectivity index (χ0) is 31.7. The molecule has 0 amide bonds. The molecule has 282 valence electrons. The summed E-state index contributed by atoms with van der Waals surface area (Å²) in [5, 5.41) is 43.5. The maximum absolute atomic E-state index is 9.33. The summed E-state index contributed by atoms with van der Waals surface area (Å²) in [7, 11) is 0. The average molecular weight is 669 g/mol. The molecular formula is C37H80O9. The summed E-state index contributed by atoms with van der Waals surface area (Å²) >= 11 is 0. The lowest BCUT2D eigenvalue weighted by Crippen LogP contribution is -2.29. The Kier molecular flexibility index (Phi) is 57.2. The van der Waals surface area contributed by atoms with E-state index >= 15 is 0 Å². The van der Waals surface area contributed by atoms with E-state index < -0.39 is 16.8 Å². The quantitative estimate of drug-likeness (QED) is 0.134. The van der Waals surface area contributed by atoms with Crippen LogP contribution in [0.3, 0.4) is 0 Å². The second kappa shape index (κ2) is 39.5. The summed E-state index contributed by atoms with van der Waals surface area (Å²) in [6, 6.07) is 0. The van der Waals surface area contributed by atoms with Crippen LogP contribution < -0.4 is 0 Å². The molecule has 9 nitrogen and oxygen atoms in total. The van der Waals surface area contributed by atoms with Crippen LogP contribution in [0.1, 0.15) is 120 Å². The van der Waals surface area contributed by atoms with Gasteiger partial charge in [0.05, 0.1) is 52.9 Å². The highest BCUT2D eigenvalue weighted by atomic mass is 16.5. The SMILES string of the molecule is C.C.C.C.C.C.C#CC(C)(CC(C)C)OCCO.CC(C)(O)C#CC(C)(C)OCCO.CCC(C#CC(C)OCCO)OCCO. The summed E-state index contributed by atoms with van der Waals surface area (Å²) in [5.41, 5.74) is -2.14. The maximum atomic E-state index is 9.33. The molecule has 0 saturated carbocycles.